The quantitative estimate of drug-likeness (QED) is 0.706. The van der Waals surface area contributed by atoms with Gasteiger partial charge >= 0.3 is 5.97 Å². The Balaban J connectivity index is 2.30. The Kier molecular flexibility index (Phi) is 5.35. The topological polar surface area (TPSA) is 92.4 Å². The van der Waals surface area contributed by atoms with Crippen molar-refractivity contribution >= 4 is 11.9 Å². The van der Waals surface area contributed by atoms with Gasteiger partial charge in [-0.25, -0.2) is 0 Å². The fourth-order valence-electron chi connectivity index (χ4n) is 2.72. The van der Waals surface area contributed by atoms with E-state index in [-0.39, 0.29) is 29.3 Å². The van der Waals surface area contributed by atoms with E-state index in [0.717, 1.165) is 12.8 Å². The Morgan fingerprint density at radius 3 is 2.47 bits per heavy atom. The van der Waals surface area contributed by atoms with Gasteiger partial charge in [-0.1, -0.05) is 20.8 Å². The highest BCUT2D eigenvalue weighted by Crippen LogP contribution is 2.26. The Bertz CT molecular complexity index is 336. The minimum Gasteiger partial charge on any atom is -0.481 e. The molecule has 0 aromatic rings. The first-order chi connectivity index (χ1) is 8.67. The highest BCUT2D eigenvalue weighted by atomic mass is 16.4. The van der Waals surface area contributed by atoms with Crippen LogP contribution in [0.1, 0.15) is 52.9 Å². The second-order valence-electron chi connectivity index (χ2n) is 6.84. The van der Waals surface area contributed by atoms with E-state index in [1.165, 1.54) is 0 Å². The standard InChI is InChI=1S/C14H26N2O3/c1-14(2,3)8-10(15)7-12(17)16-11-5-4-9(6-11)13(18)19/h9-11H,4-8,15H2,1-3H3,(H,16,17)(H,18,19). The molecule has 4 N–H and O–H groups in total. The van der Waals surface area contributed by atoms with Crippen LogP contribution in [0.3, 0.4) is 0 Å². The number of amides is 1. The lowest BCUT2D eigenvalue weighted by atomic mass is 9.87. The van der Waals surface area contributed by atoms with Crippen molar-refractivity contribution in [3.63, 3.8) is 0 Å². The van der Waals surface area contributed by atoms with Crippen LogP contribution in [0, 0.1) is 11.3 Å². The van der Waals surface area contributed by atoms with Crippen molar-refractivity contribution in [1.82, 2.24) is 5.32 Å². The summed E-state index contributed by atoms with van der Waals surface area (Å²) in [6, 6.07) is -0.146. The average Bonchev–Trinajstić information content (AvgIpc) is 2.62. The number of carboxylic acids is 1. The summed E-state index contributed by atoms with van der Waals surface area (Å²) in [6.45, 7) is 6.29. The molecule has 1 saturated carbocycles. The summed E-state index contributed by atoms with van der Waals surface area (Å²) in [5.74, 6) is -1.14. The Hall–Kier alpha value is -1.10. The molecule has 5 nitrogen and oxygen atoms in total. The van der Waals surface area contributed by atoms with Crippen LogP contribution in [-0.4, -0.2) is 29.1 Å². The lowest BCUT2D eigenvalue weighted by molar-refractivity contribution is -0.141. The number of nitrogens with two attached hydrogens (primary N) is 1. The fraction of sp³-hybridized carbons (Fsp3) is 0.857. The summed E-state index contributed by atoms with van der Waals surface area (Å²) in [7, 11) is 0. The molecule has 110 valence electrons. The molecule has 1 aliphatic carbocycles. The largest absolute Gasteiger partial charge is 0.481 e. The van der Waals surface area contributed by atoms with Crippen LogP contribution in [0.5, 0.6) is 0 Å². The van der Waals surface area contributed by atoms with Gasteiger partial charge in [0, 0.05) is 18.5 Å². The third-order valence-electron chi connectivity index (χ3n) is 3.47. The molecule has 3 unspecified atom stereocenters. The SMILES string of the molecule is CC(C)(C)CC(N)CC(=O)NC1CCC(C(=O)O)C1. The summed E-state index contributed by atoms with van der Waals surface area (Å²) in [5, 5.41) is 11.8. The number of carbonyl (C=O) groups is 2. The first-order valence-electron chi connectivity index (χ1n) is 6.95. The first kappa shape index (κ1) is 16.0. The molecule has 0 radical (unpaired) electrons. The van der Waals surface area contributed by atoms with E-state index in [1.807, 2.05) is 0 Å². The second kappa shape index (κ2) is 6.37. The maximum absolute atomic E-state index is 11.8. The van der Waals surface area contributed by atoms with Gasteiger partial charge < -0.3 is 16.2 Å². The summed E-state index contributed by atoms with van der Waals surface area (Å²) in [4.78, 5) is 22.7. The van der Waals surface area contributed by atoms with Crippen molar-refractivity contribution in [2.45, 2.75) is 65.0 Å². The summed E-state index contributed by atoms with van der Waals surface area (Å²) in [5.41, 5.74) is 6.07. The van der Waals surface area contributed by atoms with E-state index >= 15 is 0 Å². The number of nitrogens with one attached hydrogen (secondary N) is 1. The van der Waals surface area contributed by atoms with E-state index in [1.54, 1.807) is 0 Å². The van der Waals surface area contributed by atoms with Gasteiger partial charge in [0.2, 0.25) is 5.91 Å². The molecule has 3 atom stereocenters. The predicted octanol–water partition coefficient (Wildman–Crippen LogP) is 1.51. The second-order valence-corrected chi connectivity index (χ2v) is 6.84. The smallest absolute Gasteiger partial charge is 0.306 e. The zero-order valence-corrected chi connectivity index (χ0v) is 12.1. The maximum atomic E-state index is 11.8. The molecule has 1 aliphatic rings. The van der Waals surface area contributed by atoms with Crippen LogP contribution >= 0.6 is 0 Å². The first-order valence-corrected chi connectivity index (χ1v) is 6.95. The molecule has 0 bridgehead atoms. The molecule has 1 rings (SSSR count). The third kappa shape index (κ3) is 6.05. The lowest BCUT2D eigenvalue weighted by Crippen LogP contribution is -2.38. The molecular formula is C14H26N2O3. The molecule has 0 aliphatic heterocycles. The molecule has 0 aromatic carbocycles. The van der Waals surface area contributed by atoms with Gasteiger partial charge in [0.25, 0.3) is 0 Å². The number of hydrogen-bond donors (Lipinski definition) is 3. The van der Waals surface area contributed by atoms with Crippen LogP contribution in [-0.2, 0) is 9.59 Å². The number of carbonyl (C=O) groups excluding carboxylic acids is 1. The van der Waals surface area contributed by atoms with Gasteiger partial charge in [0.1, 0.15) is 0 Å². The van der Waals surface area contributed by atoms with Gasteiger partial charge in [-0.3, -0.25) is 9.59 Å². The normalized spacial score (nSPS) is 25.1. The Labute approximate surface area is 114 Å². The lowest BCUT2D eigenvalue weighted by Gasteiger charge is -2.23. The maximum Gasteiger partial charge on any atom is 0.306 e. The average molecular weight is 270 g/mol. The fourth-order valence-corrected chi connectivity index (χ4v) is 2.72. The minimum atomic E-state index is -0.763. The summed E-state index contributed by atoms with van der Waals surface area (Å²) < 4.78 is 0. The van der Waals surface area contributed by atoms with E-state index in [9.17, 15) is 9.59 Å². The molecule has 19 heavy (non-hydrogen) atoms. The van der Waals surface area contributed by atoms with E-state index in [0.29, 0.717) is 19.3 Å². The molecule has 0 spiro atoms. The molecule has 0 aromatic heterocycles. The van der Waals surface area contributed by atoms with Gasteiger partial charge in [0.15, 0.2) is 0 Å². The molecule has 0 saturated heterocycles. The van der Waals surface area contributed by atoms with Crippen LogP contribution in [0.4, 0.5) is 0 Å². The number of aliphatic carboxylic acids is 1. The Morgan fingerprint density at radius 2 is 2.00 bits per heavy atom. The third-order valence-corrected chi connectivity index (χ3v) is 3.47. The van der Waals surface area contributed by atoms with E-state index < -0.39 is 5.97 Å². The molecule has 1 fully saturated rings. The van der Waals surface area contributed by atoms with Crippen molar-refractivity contribution in [3.05, 3.63) is 0 Å². The Morgan fingerprint density at radius 1 is 1.37 bits per heavy atom. The van der Waals surface area contributed by atoms with Crippen molar-refractivity contribution in [1.29, 1.82) is 0 Å². The van der Waals surface area contributed by atoms with Crippen molar-refractivity contribution < 1.29 is 14.7 Å². The van der Waals surface area contributed by atoms with E-state index in [2.05, 4.69) is 26.1 Å². The van der Waals surface area contributed by atoms with Crippen LogP contribution in [0.25, 0.3) is 0 Å². The minimum absolute atomic E-state index is 0.00423. The van der Waals surface area contributed by atoms with Crippen molar-refractivity contribution in [2.75, 3.05) is 0 Å². The highest BCUT2D eigenvalue weighted by molar-refractivity contribution is 5.77. The molecular weight excluding hydrogens is 244 g/mol. The van der Waals surface area contributed by atoms with Crippen LogP contribution in [0.2, 0.25) is 0 Å². The molecule has 1 amide bonds. The van der Waals surface area contributed by atoms with Gasteiger partial charge in [0.05, 0.1) is 5.92 Å². The highest BCUT2D eigenvalue weighted by Gasteiger charge is 2.30. The van der Waals surface area contributed by atoms with Crippen LogP contribution in [0.15, 0.2) is 0 Å². The molecule has 0 heterocycles. The van der Waals surface area contributed by atoms with Crippen molar-refractivity contribution in [3.8, 4) is 0 Å². The zero-order valence-electron chi connectivity index (χ0n) is 12.1. The van der Waals surface area contributed by atoms with Crippen molar-refractivity contribution in [2.24, 2.45) is 17.1 Å². The predicted molar refractivity (Wildman–Crippen MR) is 73.6 cm³/mol. The van der Waals surface area contributed by atoms with Gasteiger partial charge in [-0.15, -0.1) is 0 Å². The summed E-state index contributed by atoms with van der Waals surface area (Å²) >= 11 is 0. The molecule has 5 heteroatoms. The summed E-state index contributed by atoms with van der Waals surface area (Å²) in [6.07, 6.45) is 3.04. The zero-order chi connectivity index (χ0) is 14.6. The van der Waals surface area contributed by atoms with Crippen LogP contribution < -0.4 is 11.1 Å². The number of rotatable bonds is 5. The number of carboxylic acid groups (broad SMARTS) is 1. The van der Waals surface area contributed by atoms with E-state index in [4.69, 9.17) is 10.8 Å². The number of hydrogen-bond acceptors (Lipinski definition) is 3. The van der Waals surface area contributed by atoms with Gasteiger partial charge in [-0.2, -0.15) is 0 Å². The van der Waals surface area contributed by atoms with Gasteiger partial charge in [-0.05, 0) is 31.1 Å². The monoisotopic (exact) mass is 270 g/mol.